The number of ether oxygens (including phenoxy) is 2. The fourth-order valence-corrected chi connectivity index (χ4v) is 1.25. The van der Waals surface area contributed by atoms with Gasteiger partial charge in [-0.3, -0.25) is 14.4 Å². The van der Waals surface area contributed by atoms with E-state index in [2.05, 4.69) is 10.1 Å². The van der Waals surface area contributed by atoms with Crippen LogP contribution in [0.5, 0.6) is 0 Å². The summed E-state index contributed by atoms with van der Waals surface area (Å²) < 4.78 is 9.25. The molecule has 108 valence electrons. The molecule has 19 heavy (non-hydrogen) atoms. The molecule has 0 atom stereocenters. The Kier molecular flexibility index (Phi) is 9.12. The lowest BCUT2D eigenvalue weighted by atomic mass is 10.2. The Balaban J connectivity index is 3.76. The summed E-state index contributed by atoms with van der Waals surface area (Å²) in [6.45, 7) is 3.82. The van der Waals surface area contributed by atoms with Crippen molar-refractivity contribution >= 4 is 17.8 Å². The first-order chi connectivity index (χ1) is 8.95. The van der Waals surface area contributed by atoms with Crippen molar-refractivity contribution in [1.29, 1.82) is 0 Å². The minimum Gasteiger partial charge on any atom is -0.469 e. The maximum atomic E-state index is 11.5. The molecule has 6 heteroatoms. The summed E-state index contributed by atoms with van der Waals surface area (Å²) in [5.41, 5.74) is 0.826. The molecule has 0 aliphatic carbocycles. The van der Waals surface area contributed by atoms with Gasteiger partial charge in [0.1, 0.15) is 0 Å². The van der Waals surface area contributed by atoms with Gasteiger partial charge in [0.15, 0.2) is 0 Å². The van der Waals surface area contributed by atoms with Crippen LogP contribution in [0.4, 0.5) is 0 Å². The summed E-state index contributed by atoms with van der Waals surface area (Å²) in [5.74, 6) is -0.840. The van der Waals surface area contributed by atoms with Gasteiger partial charge in [0, 0.05) is 32.4 Å². The number of hydrogen-bond donors (Lipinski definition) is 1. The summed E-state index contributed by atoms with van der Waals surface area (Å²) in [5, 5.41) is 2.66. The first-order valence-electron chi connectivity index (χ1n) is 6.11. The zero-order chi connectivity index (χ0) is 14.7. The topological polar surface area (TPSA) is 81.7 Å². The summed E-state index contributed by atoms with van der Waals surface area (Å²) >= 11 is 0. The number of carbonyl (C=O) groups is 3. The Morgan fingerprint density at radius 1 is 1.16 bits per heavy atom. The molecule has 0 fully saturated rings. The molecule has 0 heterocycles. The first kappa shape index (κ1) is 17.2. The number of hydrogen-bond acceptors (Lipinski definition) is 5. The van der Waals surface area contributed by atoms with Crippen LogP contribution in [0, 0.1) is 0 Å². The van der Waals surface area contributed by atoms with Crippen LogP contribution in [0.1, 0.15) is 33.1 Å². The van der Waals surface area contributed by atoms with Gasteiger partial charge in [0.05, 0.1) is 13.7 Å². The van der Waals surface area contributed by atoms with E-state index in [1.165, 1.54) is 20.1 Å². The minimum absolute atomic E-state index is 0.217. The van der Waals surface area contributed by atoms with Crippen LogP contribution in [-0.2, 0) is 23.9 Å². The van der Waals surface area contributed by atoms with Gasteiger partial charge in [-0.25, -0.2) is 0 Å². The van der Waals surface area contributed by atoms with E-state index in [1.54, 1.807) is 6.92 Å². The number of carbonyl (C=O) groups excluding carboxylic acids is 3. The van der Waals surface area contributed by atoms with E-state index in [9.17, 15) is 14.4 Å². The highest BCUT2D eigenvalue weighted by Crippen LogP contribution is 2.00. The van der Waals surface area contributed by atoms with Crippen LogP contribution in [-0.4, -0.2) is 38.1 Å². The lowest BCUT2D eigenvalue weighted by Gasteiger charge is -2.04. The molecule has 0 spiro atoms. The fraction of sp³-hybridized carbons (Fsp3) is 0.615. The molecule has 6 nitrogen and oxygen atoms in total. The minimum atomic E-state index is -0.333. The van der Waals surface area contributed by atoms with Gasteiger partial charge in [0.2, 0.25) is 5.91 Å². The molecule has 0 aromatic carbocycles. The van der Waals surface area contributed by atoms with Crippen LogP contribution >= 0.6 is 0 Å². The second-order valence-corrected chi connectivity index (χ2v) is 4.05. The lowest BCUT2D eigenvalue weighted by Crippen LogP contribution is -2.23. The van der Waals surface area contributed by atoms with E-state index in [1.807, 2.05) is 0 Å². The van der Waals surface area contributed by atoms with Crippen molar-refractivity contribution in [2.24, 2.45) is 0 Å². The molecule has 0 radical (unpaired) electrons. The Labute approximate surface area is 113 Å². The third-order valence-electron chi connectivity index (χ3n) is 2.26. The van der Waals surface area contributed by atoms with E-state index >= 15 is 0 Å². The standard InChI is InChI=1S/C13H21NO5/c1-10(6-8-19-11(2)15)9-12(16)14-7-4-5-13(17)18-3/h9H,4-8H2,1-3H3,(H,14,16)/b10-9+. The van der Waals surface area contributed by atoms with Crippen LogP contribution in [0.25, 0.3) is 0 Å². The second-order valence-electron chi connectivity index (χ2n) is 4.05. The van der Waals surface area contributed by atoms with Gasteiger partial charge in [-0.05, 0) is 13.3 Å². The summed E-state index contributed by atoms with van der Waals surface area (Å²) in [7, 11) is 1.33. The molecule has 0 aromatic heterocycles. The van der Waals surface area contributed by atoms with Gasteiger partial charge >= 0.3 is 11.9 Å². The van der Waals surface area contributed by atoms with Crippen molar-refractivity contribution in [2.75, 3.05) is 20.3 Å². The van der Waals surface area contributed by atoms with Gasteiger partial charge in [-0.15, -0.1) is 0 Å². The Morgan fingerprint density at radius 3 is 2.42 bits per heavy atom. The summed E-state index contributed by atoms with van der Waals surface area (Å²) in [6, 6.07) is 0. The van der Waals surface area contributed by atoms with Crippen molar-refractivity contribution in [2.45, 2.75) is 33.1 Å². The second kappa shape index (κ2) is 10.1. The average molecular weight is 271 g/mol. The smallest absolute Gasteiger partial charge is 0.305 e. The molecule has 0 saturated carbocycles. The van der Waals surface area contributed by atoms with E-state index < -0.39 is 0 Å². The molecule has 0 unspecified atom stereocenters. The van der Waals surface area contributed by atoms with Crippen molar-refractivity contribution in [1.82, 2.24) is 5.32 Å². The molecule has 0 aliphatic heterocycles. The zero-order valence-electron chi connectivity index (χ0n) is 11.7. The normalized spacial score (nSPS) is 10.8. The first-order valence-corrected chi connectivity index (χ1v) is 6.11. The molecule has 0 rings (SSSR count). The molecule has 0 aromatic rings. The number of nitrogens with one attached hydrogen (secondary N) is 1. The van der Waals surface area contributed by atoms with E-state index in [4.69, 9.17) is 4.74 Å². The molecular weight excluding hydrogens is 250 g/mol. The predicted molar refractivity (Wildman–Crippen MR) is 69.3 cm³/mol. The maximum absolute atomic E-state index is 11.5. The predicted octanol–water partition coefficient (Wildman–Crippen LogP) is 0.955. The van der Waals surface area contributed by atoms with Crippen LogP contribution in [0.2, 0.25) is 0 Å². The number of rotatable bonds is 8. The van der Waals surface area contributed by atoms with Crippen LogP contribution in [0.15, 0.2) is 11.6 Å². The fourth-order valence-electron chi connectivity index (χ4n) is 1.25. The Bertz CT molecular complexity index is 349. The molecule has 1 N–H and O–H groups in total. The molecule has 1 amide bonds. The molecule has 0 bridgehead atoms. The SMILES string of the molecule is COC(=O)CCCNC(=O)/C=C(\C)CCOC(C)=O. The third kappa shape index (κ3) is 11.0. The highest BCUT2D eigenvalue weighted by Gasteiger charge is 2.02. The van der Waals surface area contributed by atoms with Gasteiger partial charge < -0.3 is 14.8 Å². The average Bonchev–Trinajstić information content (AvgIpc) is 2.33. The van der Waals surface area contributed by atoms with E-state index in [0.29, 0.717) is 19.4 Å². The van der Waals surface area contributed by atoms with Crippen molar-refractivity contribution in [3.8, 4) is 0 Å². The van der Waals surface area contributed by atoms with E-state index in [0.717, 1.165) is 5.57 Å². The summed E-state index contributed by atoms with van der Waals surface area (Å²) in [4.78, 5) is 32.8. The number of esters is 2. The third-order valence-corrected chi connectivity index (χ3v) is 2.26. The lowest BCUT2D eigenvalue weighted by molar-refractivity contribution is -0.141. The Morgan fingerprint density at radius 2 is 1.84 bits per heavy atom. The van der Waals surface area contributed by atoms with Crippen molar-refractivity contribution in [3.63, 3.8) is 0 Å². The van der Waals surface area contributed by atoms with Gasteiger partial charge in [-0.2, -0.15) is 0 Å². The van der Waals surface area contributed by atoms with Gasteiger partial charge in [0.25, 0.3) is 0 Å². The van der Waals surface area contributed by atoms with E-state index in [-0.39, 0.29) is 30.9 Å². The number of methoxy groups -OCH3 is 1. The Hall–Kier alpha value is -1.85. The number of amides is 1. The van der Waals surface area contributed by atoms with Crippen LogP contribution in [0.3, 0.4) is 0 Å². The molecular formula is C13H21NO5. The zero-order valence-corrected chi connectivity index (χ0v) is 11.7. The van der Waals surface area contributed by atoms with Crippen LogP contribution < -0.4 is 5.32 Å². The quantitative estimate of drug-likeness (QED) is 0.404. The monoisotopic (exact) mass is 271 g/mol. The van der Waals surface area contributed by atoms with Crippen molar-refractivity contribution < 1.29 is 23.9 Å². The summed E-state index contributed by atoms with van der Waals surface area (Å²) in [6.07, 6.45) is 2.81. The van der Waals surface area contributed by atoms with Gasteiger partial charge in [-0.1, -0.05) is 5.57 Å². The molecule has 0 aliphatic rings. The molecule has 0 saturated heterocycles. The maximum Gasteiger partial charge on any atom is 0.305 e. The largest absolute Gasteiger partial charge is 0.469 e. The van der Waals surface area contributed by atoms with Crippen molar-refractivity contribution in [3.05, 3.63) is 11.6 Å². The highest BCUT2D eigenvalue weighted by molar-refractivity contribution is 5.88. The highest BCUT2D eigenvalue weighted by atomic mass is 16.5.